The molecule has 1 unspecified atom stereocenters. The molecule has 7 heteroatoms. The van der Waals surface area contributed by atoms with Crippen LogP contribution in [0, 0.1) is 5.92 Å². The molecule has 0 heterocycles. The summed E-state index contributed by atoms with van der Waals surface area (Å²) in [6, 6.07) is 7.85. The number of hydrogen-bond acceptors (Lipinski definition) is 6. The minimum absolute atomic E-state index is 0.000280. The Hall–Kier alpha value is -1.44. The van der Waals surface area contributed by atoms with Crippen LogP contribution < -0.4 is 14.8 Å². The van der Waals surface area contributed by atoms with Crippen LogP contribution >= 0.6 is 11.9 Å². The first-order valence-corrected chi connectivity index (χ1v) is 9.62. The predicted molar refractivity (Wildman–Crippen MR) is 98.8 cm³/mol. The molecule has 1 aromatic carbocycles. The van der Waals surface area contributed by atoms with Gasteiger partial charge in [-0.3, -0.25) is 4.72 Å². The zero-order chi connectivity index (χ0) is 17.9. The Bertz CT molecular complexity index is 512. The van der Waals surface area contributed by atoms with Gasteiger partial charge in [0.1, 0.15) is 11.9 Å². The Morgan fingerprint density at radius 1 is 1.28 bits per heavy atom. The van der Waals surface area contributed by atoms with Crippen molar-refractivity contribution < 1.29 is 19.4 Å². The van der Waals surface area contributed by atoms with Crippen molar-refractivity contribution in [3.8, 4) is 5.75 Å². The Morgan fingerprint density at radius 2 is 2.08 bits per heavy atom. The molecule has 1 aromatic rings. The van der Waals surface area contributed by atoms with Crippen molar-refractivity contribution in [2.45, 2.75) is 43.1 Å². The maximum absolute atomic E-state index is 11.8. The van der Waals surface area contributed by atoms with Crippen molar-refractivity contribution >= 4 is 18.0 Å². The van der Waals surface area contributed by atoms with Crippen molar-refractivity contribution in [2.75, 3.05) is 26.8 Å². The van der Waals surface area contributed by atoms with Crippen LogP contribution in [0.3, 0.4) is 0 Å². The number of hydrogen-bond donors (Lipinski definition) is 3. The molecule has 0 aliphatic heterocycles. The van der Waals surface area contributed by atoms with E-state index in [0.717, 1.165) is 49.3 Å². The van der Waals surface area contributed by atoms with Crippen molar-refractivity contribution in [2.24, 2.45) is 5.92 Å². The Kier molecular flexibility index (Phi) is 8.93. The minimum Gasteiger partial charge on any atom is -0.497 e. The van der Waals surface area contributed by atoms with Gasteiger partial charge in [-0.2, -0.15) is 0 Å². The molecule has 1 aliphatic rings. The molecule has 25 heavy (non-hydrogen) atoms. The molecule has 1 fully saturated rings. The van der Waals surface area contributed by atoms with Gasteiger partial charge in [0.2, 0.25) is 0 Å². The van der Waals surface area contributed by atoms with Gasteiger partial charge in [-0.05, 0) is 74.2 Å². The SMILES string of the molecule is COc1ccc(SNCCCNC(=O)O[C@H]2CCC(CCO)C2)cc1. The molecule has 3 N–H and O–H groups in total. The molecule has 6 nitrogen and oxygen atoms in total. The molecule has 1 aliphatic carbocycles. The first-order chi connectivity index (χ1) is 12.2. The second-order valence-corrected chi connectivity index (χ2v) is 7.14. The summed E-state index contributed by atoms with van der Waals surface area (Å²) in [5, 5.41) is 11.7. The average Bonchev–Trinajstić information content (AvgIpc) is 3.05. The summed E-state index contributed by atoms with van der Waals surface area (Å²) < 4.78 is 13.8. The monoisotopic (exact) mass is 368 g/mol. The molecule has 0 spiro atoms. The lowest BCUT2D eigenvalue weighted by atomic mass is 10.1. The first kappa shape index (κ1) is 19.9. The van der Waals surface area contributed by atoms with Gasteiger partial charge in [-0.15, -0.1) is 0 Å². The second-order valence-electron chi connectivity index (χ2n) is 6.17. The highest BCUT2D eigenvalue weighted by Gasteiger charge is 2.26. The van der Waals surface area contributed by atoms with Gasteiger partial charge in [-0.25, -0.2) is 4.79 Å². The van der Waals surface area contributed by atoms with E-state index in [-0.39, 0.29) is 18.8 Å². The average molecular weight is 368 g/mol. The van der Waals surface area contributed by atoms with E-state index in [2.05, 4.69) is 10.0 Å². The maximum Gasteiger partial charge on any atom is 0.407 e. The van der Waals surface area contributed by atoms with E-state index in [9.17, 15) is 4.79 Å². The normalized spacial score (nSPS) is 19.6. The smallest absolute Gasteiger partial charge is 0.407 e. The number of carbonyl (C=O) groups is 1. The van der Waals surface area contributed by atoms with Crippen LogP contribution in [0.4, 0.5) is 4.79 Å². The maximum atomic E-state index is 11.8. The summed E-state index contributed by atoms with van der Waals surface area (Å²) in [5.41, 5.74) is 0. The summed E-state index contributed by atoms with van der Waals surface area (Å²) in [7, 11) is 1.65. The van der Waals surface area contributed by atoms with Crippen LogP contribution in [0.25, 0.3) is 0 Å². The highest BCUT2D eigenvalue weighted by atomic mass is 32.2. The summed E-state index contributed by atoms with van der Waals surface area (Å²) in [5.74, 6) is 1.33. The first-order valence-electron chi connectivity index (χ1n) is 8.80. The van der Waals surface area contributed by atoms with Crippen LogP contribution in [-0.4, -0.2) is 44.1 Å². The standard InChI is InChI=1S/C18H28N2O4S/c1-23-15-5-7-17(8-6-15)25-20-11-2-10-19-18(22)24-16-4-3-14(13-16)9-12-21/h5-8,14,16,20-21H,2-4,9-13H2,1H3,(H,19,22)/t14?,16-/m0/s1. The number of ether oxygens (including phenoxy) is 2. The van der Waals surface area contributed by atoms with E-state index in [4.69, 9.17) is 14.6 Å². The molecule has 0 bridgehead atoms. The van der Waals surface area contributed by atoms with Crippen LogP contribution in [0.5, 0.6) is 5.75 Å². The molecule has 0 radical (unpaired) electrons. The van der Waals surface area contributed by atoms with E-state index in [1.54, 1.807) is 19.1 Å². The molecule has 2 rings (SSSR count). The van der Waals surface area contributed by atoms with E-state index in [1.165, 1.54) is 0 Å². The van der Waals surface area contributed by atoms with Crippen LogP contribution in [-0.2, 0) is 4.74 Å². The van der Waals surface area contributed by atoms with E-state index >= 15 is 0 Å². The lowest BCUT2D eigenvalue weighted by Crippen LogP contribution is -2.30. The van der Waals surface area contributed by atoms with Gasteiger partial charge in [0.15, 0.2) is 0 Å². The largest absolute Gasteiger partial charge is 0.497 e. The molecule has 1 amide bonds. The van der Waals surface area contributed by atoms with Gasteiger partial charge < -0.3 is 19.9 Å². The number of carbonyl (C=O) groups excluding carboxylic acids is 1. The second kappa shape index (κ2) is 11.2. The fourth-order valence-electron chi connectivity index (χ4n) is 2.90. The molecule has 2 atom stereocenters. The number of benzene rings is 1. The van der Waals surface area contributed by atoms with Crippen molar-refractivity contribution in [3.05, 3.63) is 24.3 Å². The Labute approximate surface area is 153 Å². The number of rotatable bonds is 10. The Balaban J connectivity index is 1.49. The lowest BCUT2D eigenvalue weighted by molar-refractivity contribution is 0.0978. The fraction of sp³-hybridized carbons (Fsp3) is 0.611. The summed E-state index contributed by atoms with van der Waals surface area (Å²) in [4.78, 5) is 12.9. The topological polar surface area (TPSA) is 79.8 Å². The van der Waals surface area contributed by atoms with Gasteiger partial charge >= 0.3 is 6.09 Å². The molecule has 140 valence electrons. The summed E-state index contributed by atoms with van der Waals surface area (Å²) in [6.45, 7) is 1.59. The van der Waals surface area contributed by atoms with Crippen LogP contribution in [0.2, 0.25) is 0 Å². The Morgan fingerprint density at radius 3 is 2.80 bits per heavy atom. The number of aliphatic hydroxyl groups is 1. The molecule has 0 aromatic heterocycles. The summed E-state index contributed by atoms with van der Waals surface area (Å²) in [6.07, 6.45) is 4.10. The van der Waals surface area contributed by atoms with Crippen LogP contribution in [0.15, 0.2) is 29.2 Å². The molecule has 1 saturated carbocycles. The minimum atomic E-state index is -0.336. The number of alkyl carbamates (subject to hydrolysis) is 1. The fourth-order valence-corrected chi connectivity index (χ4v) is 3.59. The molecular weight excluding hydrogens is 340 g/mol. The van der Waals surface area contributed by atoms with Crippen LogP contribution in [0.1, 0.15) is 32.1 Å². The van der Waals surface area contributed by atoms with Gasteiger partial charge in [-0.1, -0.05) is 0 Å². The van der Waals surface area contributed by atoms with Gasteiger partial charge in [0.25, 0.3) is 0 Å². The van der Waals surface area contributed by atoms with Crippen molar-refractivity contribution in [1.29, 1.82) is 0 Å². The van der Waals surface area contributed by atoms with Crippen molar-refractivity contribution in [3.63, 3.8) is 0 Å². The highest BCUT2D eigenvalue weighted by Crippen LogP contribution is 2.30. The third-order valence-electron chi connectivity index (χ3n) is 4.28. The van der Waals surface area contributed by atoms with Gasteiger partial charge in [0, 0.05) is 24.6 Å². The zero-order valence-corrected chi connectivity index (χ0v) is 15.5. The molecule has 0 saturated heterocycles. The van der Waals surface area contributed by atoms with E-state index in [1.807, 2.05) is 24.3 Å². The zero-order valence-electron chi connectivity index (χ0n) is 14.7. The quantitative estimate of drug-likeness (QED) is 0.435. The van der Waals surface area contributed by atoms with Crippen molar-refractivity contribution in [1.82, 2.24) is 10.0 Å². The van der Waals surface area contributed by atoms with E-state index < -0.39 is 0 Å². The lowest BCUT2D eigenvalue weighted by Gasteiger charge is -2.13. The number of nitrogens with one attached hydrogen (secondary N) is 2. The molecular formula is C18H28N2O4S. The van der Waals surface area contributed by atoms with E-state index in [0.29, 0.717) is 12.5 Å². The van der Waals surface area contributed by atoms with Gasteiger partial charge in [0.05, 0.1) is 7.11 Å². The predicted octanol–water partition coefficient (Wildman–Crippen LogP) is 2.96. The highest BCUT2D eigenvalue weighted by molar-refractivity contribution is 7.97. The third-order valence-corrected chi connectivity index (χ3v) is 5.13. The number of aliphatic hydroxyl groups excluding tert-OH is 1. The summed E-state index contributed by atoms with van der Waals surface area (Å²) >= 11 is 1.56. The third kappa shape index (κ3) is 7.54. The number of methoxy groups -OCH3 is 1. The number of amides is 1.